The van der Waals surface area contributed by atoms with Gasteiger partial charge in [0, 0.05) is 34.1 Å². The quantitative estimate of drug-likeness (QED) is 0.863. The highest BCUT2D eigenvalue weighted by molar-refractivity contribution is 9.10. The van der Waals surface area contributed by atoms with Crippen LogP contribution in [0, 0.1) is 0 Å². The summed E-state index contributed by atoms with van der Waals surface area (Å²) in [4.78, 5) is 0. The van der Waals surface area contributed by atoms with Crippen LogP contribution in [0.1, 0.15) is 35.8 Å². The van der Waals surface area contributed by atoms with E-state index in [1.165, 1.54) is 12.0 Å². The summed E-state index contributed by atoms with van der Waals surface area (Å²) in [7, 11) is 0. The van der Waals surface area contributed by atoms with Crippen LogP contribution in [0.25, 0.3) is 0 Å². The third kappa shape index (κ3) is 2.88. The maximum Gasteiger partial charge on any atom is 0.108 e. The van der Waals surface area contributed by atoms with Gasteiger partial charge in [0.05, 0.1) is 6.26 Å². The lowest BCUT2D eigenvalue weighted by molar-refractivity contribution is 0.411. The van der Waals surface area contributed by atoms with E-state index in [2.05, 4.69) is 33.4 Å². The van der Waals surface area contributed by atoms with Crippen molar-refractivity contribution < 1.29 is 4.42 Å². The summed E-state index contributed by atoms with van der Waals surface area (Å²) in [5, 5.41) is 4.39. The molecule has 0 saturated heterocycles. The Bertz CT molecular complexity index is 581. The van der Waals surface area contributed by atoms with Crippen molar-refractivity contribution in [2.75, 3.05) is 0 Å². The molecular weight excluding hydrogens is 326 g/mol. The fourth-order valence-electron chi connectivity index (χ4n) is 2.61. The largest absolute Gasteiger partial charge is 0.469 e. The summed E-state index contributed by atoms with van der Waals surface area (Å²) < 4.78 is 6.56. The minimum absolute atomic E-state index is 0.373. The van der Waals surface area contributed by atoms with Gasteiger partial charge >= 0.3 is 0 Å². The number of hydrogen-bond acceptors (Lipinski definition) is 2. The summed E-state index contributed by atoms with van der Waals surface area (Å²) in [5.41, 5.74) is 2.42. The molecule has 2 aromatic rings. The van der Waals surface area contributed by atoms with Gasteiger partial charge in [0.15, 0.2) is 0 Å². The van der Waals surface area contributed by atoms with E-state index in [9.17, 15) is 0 Å². The smallest absolute Gasteiger partial charge is 0.108 e. The second kappa shape index (κ2) is 5.70. The molecule has 1 heterocycles. The van der Waals surface area contributed by atoms with Crippen LogP contribution >= 0.6 is 27.5 Å². The van der Waals surface area contributed by atoms with Gasteiger partial charge in [0.25, 0.3) is 0 Å². The van der Waals surface area contributed by atoms with Gasteiger partial charge in [-0.05, 0) is 42.7 Å². The van der Waals surface area contributed by atoms with Gasteiger partial charge in [-0.1, -0.05) is 27.5 Å². The molecule has 1 atom stereocenters. The molecule has 0 spiro atoms. The van der Waals surface area contributed by atoms with Crippen LogP contribution in [0.5, 0.6) is 0 Å². The van der Waals surface area contributed by atoms with Crippen LogP contribution in [0.4, 0.5) is 0 Å². The summed E-state index contributed by atoms with van der Waals surface area (Å²) in [6.07, 6.45) is 5.16. The lowest BCUT2D eigenvalue weighted by Crippen LogP contribution is -2.24. The molecule has 1 N–H and O–H groups in total. The number of hydrogen-bond donors (Lipinski definition) is 1. The first-order valence-electron chi connectivity index (χ1n) is 6.47. The molecule has 19 heavy (non-hydrogen) atoms. The molecule has 1 aromatic carbocycles. The van der Waals surface area contributed by atoms with Crippen molar-refractivity contribution in [2.24, 2.45) is 0 Å². The van der Waals surface area contributed by atoms with Crippen LogP contribution in [-0.2, 0) is 13.0 Å². The van der Waals surface area contributed by atoms with E-state index >= 15 is 0 Å². The Kier molecular flexibility index (Phi) is 3.96. The van der Waals surface area contributed by atoms with E-state index in [4.69, 9.17) is 16.0 Å². The van der Waals surface area contributed by atoms with Crippen LogP contribution in [0.15, 0.2) is 39.4 Å². The van der Waals surface area contributed by atoms with Crippen LogP contribution in [0.3, 0.4) is 0 Å². The Morgan fingerprint density at radius 2 is 2.26 bits per heavy atom. The topological polar surface area (TPSA) is 25.2 Å². The van der Waals surface area contributed by atoms with E-state index in [1.807, 2.05) is 12.1 Å². The molecule has 0 radical (unpaired) electrons. The maximum absolute atomic E-state index is 6.21. The molecule has 1 aliphatic rings. The molecule has 0 aliphatic heterocycles. The monoisotopic (exact) mass is 339 g/mol. The lowest BCUT2D eigenvalue weighted by Gasteiger charge is -2.23. The lowest BCUT2D eigenvalue weighted by atomic mass is 9.93. The van der Waals surface area contributed by atoms with Crippen molar-refractivity contribution in [1.29, 1.82) is 0 Å². The minimum Gasteiger partial charge on any atom is -0.469 e. The predicted molar refractivity (Wildman–Crippen MR) is 80.4 cm³/mol. The normalized spacial score (nSPS) is 18.3. The Balaban J connectivity index is 1.72. The van der Waals surface area contributed by atoms with Crippen molar-refractivity contribution in [3.8, 4) is 0 Å². The predicted octanol–water partition coefficient (Wildman–Crippen LogP) is 4.86. The summed E-state index contributed by atoms with van der Waals surface area (Å²) >= 11 is 9.69. The zero-order chi connectivity index (χ0) is 13.2. The summed E-state index contributed by atoms with van der Waals surface area (Å²) in [6.45, 7) is 0.771. The second-order valence-corrected chi connectivity index (χ2v) is 6.18. The number of rotatable bonds is 3. The number of benzene rings is 1. The standard InChI is InChI=1S/C15H15BrClNO/c16-11-4-5-13(17)10(8-11)9-18-14-2-1-3-15-12(14)6-7-19-15/h4-8,14,18H,1-3,9H2. The van der Waals surface area contributed by atoms with Gasteiger partial charge in [-0.3, -0.25) is 0 Å². The molecule has 0 bridgehead atoms. The molecular formula is C15H15BrClNO. The van der Waals surface area contributed by atoms with E-state index in [0.29, 0.717) is 6.04 Å². The van der Waals surface area contributed by atoms with E-state index in [0.717, 1.165) is 40.2 Å². The third-order valence-electron chi connectivity index (χ3n) is 3.60. The molecule has 0 fully saturated rings. The summed E-state index contributed by atoms with van der Waals surface area (Å²) in [6, 6.07) is 8.40. The van der Waals surface area contributed by atoms with Crippen LogP contribution < -0.4 is 5.32 Å². The Morgan fingerprint density at radius 1 is 1.37 bits per heavy atom. The Hall–Kier alpha value is -0.770. The molecule has 0 amide bonds. The van der Waals surface area contributed by atoms with Crippen molar-refractivity contribution in [3.05, 3.63) is 56.9 Å². The van der Waals surface area contributed by atoms with Gasteiger partial charge in [-0.2, -0.15) is 0 Å². The number of furan rings is 1. The third-order valence-corrected chi connectivity index (χ3v) is 4.46. The molecule has 0 saturated carbocycles. The Labute approximate surface area is 126 Å². The molecule has 3 rings (SSSR count). The fraction of sp³-hybridized carbons (Fsp3) is 0.333. The fourth-order valence-corrected chi connectivity index (χ4v) is 3.20. The van der Waals surface area contributed by atoms with Crippen molar-refractivity contribution in [2.45, 2.75) is 31.8 Å². The summed E-state index contributed by atoms with van der Waals surface area (Å²) in [5.74, 6) is 1.13. The molecule has 100 valence electrons. The van der Waals surface area contributed by atoms with Gasteiger partial charge in [0.2, 0.25) is 0 Å². The first-order valence-corrected chi connectivity index (χ1v) is 7.65. The highest BCUT2D eigenvalue weighted by atomic mass is 79.9. The number of fused-ring (bicyclic) bond motifs is 1. The Morgan fingerprint density at radius 3 is 3.16 bits per heavy atom. The van der Waals surface area contributed by atoms with Gasteiger partial charge in [-0.25, -0.2) is 0 Å². The molecule has 1 aliphatic carbocycles. The van der Waals surface area contributed by atoms with Crippen molar-refractivity contribution >= 4 is 27.5 Å². The first kappa shape index (κ1) is 13.2. The van der Waals surface area contributed by atoms with E-state index < -0.39 is 0 Å². The highest BCUT2D eigenvalue weighted by Crippen LogP contribution is 2.31. The molecule has 4 heteroatoms. The first-order chi connectivity index (χ1) is 9.24. The molecule has 1 aromatic heterocycles. The zero-order valence-electron chi connectivity index (χ0n) is 10.5. The minimum atomic E-state index is 0.373. The molecule has 2 nitrogen and oxygen atoms in total. The van der Waals surface area contributed by atoms with E-state index in [1.54, 1.807) is 6.26 Å². The number of aryl methyl sites for hydroxylation is 1. The van der Waals surface area contributed by atoms with Gasteiger partial charge < -0.3 is 9.73 Å². The van der Waals surface area contributed by atoms with Crippen molar-refractivity contribution in [3.63, 3.8) is 0 Å². The second-order valence-electron chi connectivity index (χ2n) is 4.86. The average molecular weight is 341 g/mol. The van der Waals surface area contributed by atoms with Crippen LogP contribution in [-0.4, -0.2) is 0 Å². The maximum atomic E-state index is 6.21. The SMILES string of the molecule is Clc1ccc(Br)cc1CNC1CCCc2occc21. The average Bonchev–Trinajstić information content (AvgIpc) is 2.88. The zero-order valence-corrected chi connectivity index (χ0v) is 12.8. The van der Waals surface area contributed by atoms with Crippen molar-refractivity contribution in [1.82, 2.24) is 5.32 Å². The number of halogens is 2. The van der Waals surface area contributed by atoms with Gasteiger partial charge in [-0.15, -0.1) is 0 Å². The highest BCUT2D eigenvalue weighted by Gasteiger charge is 2.22. The number of nitrogens with one attached hydrogen (secondary N) is 1. The van der Waals surface area contributed by atoms with Crippen LogP contribution in [0.2, 0.25) is 5.02 Å². The van der Waals surface area contributed by atoms with Gasteiger partial charge in [0.1, 0.15) is 5.76 Å². The molecule has 1 unspecified atom stereocenters. The van der Waals surface area contributed by atoms with E-state index in [-0.39, 0.29) is 0 Å².